The van der Waals surface area contributed by atoms with Gasteiger partial charge in [0.2, 0.25) is 0 Å². The summed E-state index contributed by atoms with van der Waals surface area (Å²) in [4.78, 5) is 4.45. The van der Waals surface area contributed by atoms with Crippen molar-refractivity contribution in [3.05, 3.63) is 24.4 Å². The number of pyridine rings is 1. The Morgan fingerprint density at radius 2 is 1.76 bits per heavy atom. The Bertz CT molecular complexity index is 621. The predicted octanol–water partition coefficient (Wildman–Crippen LogP) is 3.82. The van der Waals surface area contributed by atoms with Gasteiger partial charge in [-0.1, -0.05) is 12.8 Å². The summed E-state index contributed by atoms with van der Waals surface area (Å²) >= 11 is 0. The van der Waals surface area contributed by atoms with Crippen LogP contribution < -0.4 is 14.2 Å². The lowest BCUT2D eigenvalue weighted by molar-refractivity contribution is 0.251. The van der Waals surface area contributed by atoms with E-state index in [1.54, 1.807) is 20.4 Å². The lowest BCUT2D eigenvalue weighted by Crippen LogP contribution is -2.08. The smallest absolute Gasteiger partial charge is 0.162 e. The van der Waals surface area contributed by atoms with E-state index in [9.17, 15) is 0 Å². The molecule has 1 fully saturated rings. The van der Waals surface area contributed by atoms with Crippen molar-refractivity contribution in [2.45, 2.75) is 25.7 Å². The Hall–Kier alpha value is -1.97. The van der Waals surface area contributed by atoms with Crippen molar-refractivity contribution in [3.63, 3.8) is 0 Å². The van der Waals surface area contributed by atoms with Crippen LogP contribution in [0, 0.1) is 5.92 Å². The third kappa shape index (κ3) is 3.04. The van der Waals surface area contributed by atoms with Gasteiger partial charge in [-0.25, -0.2) is 0 Å². The minimum atomic E-state index is 0.692. The summed E-state index contributed by atoms with van der Waals surface area (Å²) in [6.45, 7) is 0.792. The maximum absolute atomic E-state index is 5.89. The second-order valence-corrected chi connectivity index (χ2v) is 5.53. The van der Waals surface area contributed by atoms with Crippen LogP contribution in [0.2, 0.25) is 0 Å². The van der Waals surface area contributed by atoms with Gasteiger partial charge in [0.25, 0.3) is 0 Å². The largest absolute Gasteiger partial charge is 0.493 e. The topological polar surface area (TPSA) is 40.6 Å². The summed E-state index contributed by atoms with van der Waals surface area (Å²) in [6.07, 6.45) is 7.02. The van der Waals surface area contributed by atoms with E-state index in [0.29, 0.717) is 17.4 Å². The van der Waals surface area contributed by atoms with Gasteiger partial charge in [-0.05, 0) is 30.9 Å². The number of nitrogens with zero attached hydrogens (tertiary/aromatic N) is 1. The standard InChI is InChI=1S/C17H21NO3/c1-19-16-8-13-7-14(21-11-12-5-3-4-6-12)10-18-15(13)9-17(16)20-2/h7-10,12H,3-6,11H2,1-2H3. The second-order valence-electron chi connectivity index (χ2n) is 5.53. The number of rotatable bonds is 5. The van der Waals surface area contributed by atoms with Gasteiger partial charge >= 0.3 is 0 Å². The maximum atomic E-state index is 5.89. The van der Waals surface area contributed by atoms with Crippen LogP contribution in [0.3, 0.4) is 0 Å². The number of benzene rings is 1. The van der Waals surface area contributed by atoms with Crippen molar-refractivity contribution in [2.24, 2.45) is 5.92 Å². The molecule has 1 heterocycles. The lowest BCUT2D eigenvalue weighted by Gasteiger charge is -2.12. The van der Waals surface area contributed by atoms with Crippen molar-refractivity contribution < 1.29 is 14.2 Å². The Labute approximate surface area is 125 Å². The van der Waals surface area contributed by atoms with Crippen molar-refractivity contribution >= 4 is 10.9 Å². The lowest BCUT2D eigenvalue weighted by atomic mass is 10.1. The van der Waals surface area contributed by atoms with Crippen LogP contribution >= 0.6 is 0 Å². The van der Waals surface area contributed by atoms with Gasteiger partial charge in [-0.2, -0.15) is 0 Å². The third-order valence-electron chi connectivity index (χ3n) is 4.12. The highest BCUT2D eigenvalue weighted by molar-refractivity contribution is 5.83. The quantitative estimate of drug-likeness (QED) is 0.838. The number of ether oxygens (including phenoxy) is 3. The number of aromatic nitrogens is 1. The average molecular weight is 287 g/mol. The molecular weight excluding hydrogens is 266 g/mol. The van der Waals surface area contributed by atoms with E-state index in [-0.39, 0.29) is 0 Å². The maximum Gasteiger partial charge on any atom is 0.162 e. The average Bonchev–Trinajstić information content (AvgIpc) is 3.04. The molecule has 4 nitrogen and oxygen atoms in total. The first kappa shape index (κ1) is 14.0. The first-order valence-corrected chi connectivity index (χ1v) is 7.44. The Kier molecular flexibility index (Phi) is 4.13. The number of hydrogen-bond acceptors (Lipinski definition) is 4. The molecule has 1 aliphatic carbocycles. The molecule has 1 aromatic carbocycles. The number of fused-ring (bicyclic) bond motifs is 1. The molecular formula is C17H21NO3. The second kappa shape index (κ2) is 6.20. The van der Waals surface area contributed by atoms with E-state index in [1.165, 1.54) is 25.7 Å². The van der Waals surface area contributed by atoms with Gasteiger partial charge in [-0.3, -0.25) is 4.98 Å². The molecule has 0 atom stereocenters. The van der Waals surface area contributed by atoms with E-state index in [0.717, 1.165) is 23.3 Å². The van der Waals surface area contributed by atoms with Gasteiger partial charge in [0.15, 0.2) is 11.5 Å². The van der Waals surface area contributed by atoms with Gasteiger partial charge in [0.1, 0.15) is 5.75 Å². The number of hydrogen-bond donors (Lipinski definition) is 0. The van der Waals surface area contributed by atoms with Crippen LogP contribution in [0.5, 0.6) is 17.2 Å². The fourth-order valence-electron chi connectivity index (χ4n) is 2.91. The van der Waals surface area contributed by atoms with Crippen LogP contribution in [0.25, 0.3) is 10.9 Å². The minimum Gasteiger partial charge on any atom is -0.493 e. The molecule has 0 N–H and O–H groups in total. The van der Waals surface area contributed by atoms with Crippen molar-refractivity contribution in [2.75, 3.05) is 20.8 Å². The Morgan fingerprint density at radius 1 is 1.05 bits per heavy atom. The molecule has 0 aliphatic heterocycles. The third-order valence-corrected chi connectivity index (χ3v) is 4.12. The fraction of sp³-hybridized carbons (Fsp3) is 0.471. The summed E-state index contributed by atoms with van der Waals surface area (Å²) in [5.74, 6) is 2.92. The van der Waals surface area contributed by atoms with Gasteiger partial charge in [0, 0.05) is 11.5 Å². The van der Waals surface area contributed by atoms with Gasteiger partial charge in [0.05, 0.1) is 32.5 Å². The molecule has 0 amide bonds. The highest BCUT2D eigenvalue weighted by Gasteiger charge is 2.15. The SMILES string of the molecule is COc1cc2cc(OCC3CCCC3)cnc2cc1OC. The fourth-order valence-corrected chi connectivity index (χ4v) is 2.91. The van der Waals surface area contributed by atoms with E-state index in [2.05, 4.69) is 4.98 Å². The molecule has 0 spiro atoms. The highest BCUT2D eigenvalue weighted by Crippen LogP contribution is 2.33. The molecule has 4 heteroatoms. The van der Waals surface area contributed by atoms with E-state index < -0.39 is 0 Å². The summed E-state index contributed by atoms with van der Waals surface area (Å²) in [7, 11) is 3.26. The molecule has 112 valence electrons. The van der Waals surface area contributed by atoms with Crippen molar-refractivity contribution in [3.8, 4) is 17.2 Å². The monoisotopic (exact) mass is 287 g/mol. The predicted molar refractivity (Wildman–Crippen MR) is 82.3 cm³/mol. The normalized spacial score (nSPS) is 15.3. The van der Waals surface area contributed by atoms with E-state index in [1.807, 2.05) is 18.2 Å². The molecule has 0 saturated heterocycles. The van der Waals surface area contributed by atoms with Crippen LogP contribution in [0.1, 0.15) is 25.7 Å². The van der Waals surface area contributed by atoms with E-state index >= 15 is 0 Å². The Balaban J connectivity index is 1.81. The summed E-state index contributed by atoms with van der Waals surface area (Å²) in [6, 6.07) is 5.83. The summed E-state index contributed by atoms with van der Waals surface area (Å²) in [5, 5.41) is 0.997. The van der Waals surface area contributed by atoms with E-state index in [4.69, 9.17) is 14.2 Å². The molecule has 21 heavy (non-hydrogen) atoms. The van der Waals surface area contributed by atoms with Gasteiger partial charge in [-0.15, -0.1) is 0 Å². The zero-order valence-corrected chi connectivity index (χ0v) is 12.6. The molecule has 1 aromatic heterocycles. The summed E-state index contributed by atoms with van der Waals surface area (Å²) in [5.41, 5.74) is 0.876. The molecule has 1 aliphatic rings. The summed E-state index contributed by atoms with van der Waals surface area (Å²) < 4.78 is 16.5. The van der Waals surface area contributed by atoms with Crippen LogP contribution in [-0.4, -0.2) is 25.8 Å². The van der Waals surface area contributed by atoms with Crippen LogP contribution in [-0.2, 0) is 0 Å². The van der Waals surface area contributed by atoms with Crippen LogP contribution in [0.4, 0.5) is 0 Å². The molecule has 0 radical (unpaired) electrons. The first-order valence-electron chi connectivity index (χ1n) is 7.44. The molecule has 2 aromatic rings. The zero-order chi connectivity index (χ0) is 14.7. The molecule has 3 rings (SSSR count). The zero-order valence-electron chi connectivity index (χ0n) is 12.6. The van der Waals surface area contributed by atoms with Gasteiger partial charge < -0.3 is 14.2 Å². The first-order chi connectivity index (χ1) is 10.3. The number of methoxy groups -OCH3 is 2. The molecule has 1 saturated carbocycles. The Morgan fingerprint density at radius 3 is 2.48 bits per heavy atom. The highest BCUT2D eigenvalue weighted by atomic mass is 16.5. The van der Waals surface area contributed by atoms with Crippen LogP contribution in [0.15, 0.2) is 24.4 Å². The van der Waals surface area contributed by atoms with Crippen molar-refractivity contribution in [1.82, 2.24) is 4.98 Å². The minimum absolute atomic E-state index is 0.692. The molecule has 0 bridgehead atoms. The molecule has 0 unspecified atom stereocenters. The van der Waals surface area contributed by atoms with Crippen molar-refractivity contribution in [1.29, 1.82) is 0 Å².